The van der Waals surface area contributed by atoms with Crippen LogP contribution in [0, 0.1) is 5.92 Å². The fraction of sp³-hybridized carbons (Fsp3) is 0.467. The number of benzene rings is 1. The van der Waals surface area contributed by atoms with Crippen LogP contribution in [0.3, 0.4) is 0 Å². The van der Waals surface area contributed by atoms with E-state index in [2.05, 4.69) is 35.4 Å². The third-order valence-corrected chi connectivity index (χ3v) is 8.79. The van der Waals surface area contributed by atoms with Gasteiger partial charge in [0.2, 0.25) is 0 Å². The molecule has 19 nitrogen and oxygen atoms in total. The topological polar surface area (TPSA) is 282 Å². The molecule has 2 amide bonds. The minimum atomic E-state index is -5.02. The van der Waals surface area contributed by atoms with Gasteiger partial charge in [0.25, 0.3) is 17.9 Å². The van der Waals surface area contributed by atoms with Gasteiger partial charge in [-0.3, -0.25) is 19.1 Å². The molecule has 4 rings (SSSR count). The SMILES string of the molecule is CC1(C)C(NC(=O)/C(=N\O[C@@H](COc2ccc(/C(C=NCC3CCNC3)=C/NCCCN)cc2)C(=O)O)c2csc(N)n2)C(=O)N1OS(=O)(=O)O. The summed E-state index contributed by atoms with van der Waals surface area (Å²) >= 11 is 0.959. The lowest BCUT2D eigenvalue weighted by Crippen LogP contribution is -2.76. The third kappa shape index (κ3) is 10.9. The zero-order valence-electron chi connectivity index (χ0n) is 27.9. The lowest BCUT2D eigenvalue weighted by atomic mass is 9.84. The molecule has 2 aliphatic heterocycles. The van der Waals surface area contributed by atoms with Crippen molar-refractivity contribution in [2.24, 2.45) is 21.8 Å². The van der Waals surface area contributed by atoms with Crippen LogP contribution in [0.2, 0.25) is 0 Å². The van der Waals surface area contributed by atoms with Crippen LogP contribution in [-0.2, 0) is 33.9 Å². The molecule has 0 bridgehead atoms. The van der Waals surface area contributed by atoms with Gasteiger partial charge in [0, 0.05) is 36.5 Å². The van der Waals surface area contributed by atoms with Crippen molar-refractivity contribution in [1.29, 1.82) is 0 Å². The molecule has 9 N–H and O–H groups in total. The van der Waals surface area contributed by atoms with E-state index < -0.39 is 58.2 Å². The number of hydroxylamine groups is 2. The summed E-state index contributed by atoms with van der Waals surface area (Å²) in [7, 11) is -5.02. The minimum absolute atomic E-state index is 0.0570. The molecule has 2 unspecified atom stereocenters. The van der Waals surface area contributed by atoms with Crippen LogP contribution in [0.5, 0.6) is 5.75 Å². The first-order chi connectivity index (χ1) is 24.2. The number of thiazole rings is 1. The Kier molecular flexibility index (Phi) is 13.4. The van der Waals surface area contributed by atoms with E-state index in [0.717, 1.165) is 48.4 Å². The summed E-state index contributed by atoms with van der Waals surface area (Å²) in [5.74, 6) is -2.66. The molecule has 0 aliphatic carbocycles. The molecule has 0 spiro atoms. The van der Waals surface area contributed by atoms with Gasteiger partial charge in [0.05, 0.1) is 5.54 Å². The Morgan fingerprint density at radius 3 is 2.63 bits per heavy atom. The van der Waals surface area contributed by atoms with Crippen molar-refractivity contribution in [3.8, 4) is 5.75 Å². The summed E-state index contributed by atoms with van der Waals surface area (Å²) in [6.45, 7) is 6.10. The van der Waals surface area contributed by atoms with Gasteiger partial charge in [0.15, 0.2) is 10.8 Å². The van der Waals surface area contributed by atoms with Gasteiger partial charge in [-0.25, -0.2) is 9.78 Å². The summed E-state index contributed by atoms with van der Waals surface area (Å²) < 4.78 is 41.2. The number of nitrogen functional groups attached to an aromatic ring is 1. The molecule has 2 aromatic rings. The number of nitrogens with one attached hydrogen (secondary N) is 3. The molecule has 2 aliphatic rings. The molecule has 0 saturated carbocycles. The molecule has 0 radical (unpaired) electrons. The number of ether oxygens (including phenoxy) is 1. The van der Waals surface area contributed by atoms with E-state index >= 15 is 0 Å². The van der Waals surface area contributed by atoms with E-state index in [1.165, 1.54) is 19.2 Å². The lowest BCUT2D eigenvalue weighted by Gasteiger charge is -2.50. The summed E-state index contributed by atoms with van der Waals surface area (Å²) in [6.07, 6.45) is 3.86. The average molecular weight is 752 g/mol. The normalized spacial score (nSPS) is 19.8. The van der Waals surface area contributed by atoms with Crippen LogP contribution in [0.4, 0.5) is 5.13 Å². The molecule has 1 aromatic heterocycles. The number of anilines is 1. The second kappa shape index (κ2) is 17.5. The van der Waals surface area contributed by atoms with E-state index in [9.17, 15) is 27.9 Å². The Labute approximate surface area is 298 Å². The van der Waals surface area contributed by atoms with E-state index in [0.29, 0.717) is 36.4 Å². The zero-order chi connectivity index (χ0) is 37.2. The number of β-lactam (4-membered cyclic amide) rings is 1. The maximum Gasteiger partial charge on any atom is 0.418 e. The Morgan fingerprint density at radius 1 is 1.29 bits per heavy atom. The number of aliphatic imine (C=N–C) groups is 1. The summed E-state index contributed by atoms with van der Waals surface area (Å²) in [4.78, 5) is 51.7. The second-order valence-corrected chi connectivity index (χ2v) is 13.9. The second-order valence-electron chi connectivity index (χ2n) is 12.0. The molecular formula is C30H41N9O10S2. The number of nitrogens with two attached hydrogens (primary N) is 2. The number of oxime groups is 1. The highest BCUT2D eigenvalue weighted by Gasteiger charge is 2.58. The van der Waals surface area contributed by atoms with Gasteiger partial charge >= 0.3 is 16.4 Å². The van der Waals surface area contributed by atoms with Gasteiger partial charge in [-0.1, -0.05) is 17.3 Å². The predicted molar refractivity (Wildman–Crippen MR) is 187 cm³/mol. The number of hydrogen-bond acceptors (Lipinski definition) is 16. The van der Waals surface area contributed by atoms with Crippen LogP contribution in [0.1, 0.15) is 37.9 Å². The highest BCUT2D eigenvalue weighted by Crippen LogP contribution is 2.33. The van der Waals surface area contributed by atoms with Crippen molar-refractivity contribution >= 4 is 62.2 Å². The first-order valence-electron chi connectivity index (χ1n) is 15.8. The standard InChI is InChI=1S/C30H41N9O10S2/c1-30(2)25(27(41)39(30)49-51(44,45)46)37-26(40)24(22-17-50-29(32)36-22)38-48-23(28(42)43)16-47-21-6-4-19(5-7-21)20(14-33-10-3-9-31)15-35-13-18-8-11-34-12-18/h4-7,14-15,17-18,23,25,33-34H,3,8-13,16,31H2,1-2H3,(H2,32,36)(H,37,40)(H,42,43)(H,44,45,46)/b20-14+,35-15?,38-24-/t18?,23-,25?/m0/s1. The molecule has 51 heavy (non-hydrogen) atoms. The van der Waals surface area contributed by atoms with E-state index in [4.69, 9.17) is 25.6 Å². The number of carbonyl (C=O) groups excluding carboxylic acids is 2. The van der Waals surface area contributed by atoms with Crippen molar-refractivity contribution in [2.45, 2.75) is 44.4 Å². The van der Waals surface area contributed by atoms with Gasteiger partial charge in [0.1, 0.15) is 24.1 Å². The number of aliphatic carboxylic acids is 1. The van der Waals surface area contributed by atoms with Gasteiger partial charge < -0.3 is 42.1 Å². The average Bonchev–Trinajstić information content (AvgIpc) is 3.76. The van der Waals surface area contributed by atoms with Gasteiger partial charge in [-0.2, -0.15) is 13.5 Å². The van der Waals surface area contributed by atoms with Crippen molar-refractivity contribution < 1.29 is 46.3 Å². The first kappa shape index (κ1) is 39.1. The minimum Gasteiger partial charge on any atom is -0.489 e. The summed E-state index contributed by atoms with van der Waals surface area (Å²) in [6, 6.07) is 5.57. The smallest absolute Gasteiger partial charge is 0.418 e. The van der Waals surface area contributed by atoms with E-state index in [1.54, 1.807) is 24.3 Å². The van der Waals surface area contributed by atoms with Crippen LogP contribution in [0.25, 0.3) is 5.57 Å². The van der Waals surface area contributed by atoms with Gasteiger partial charge in [-0.15, -0.1) is 15.6 Å². The Balaban J connectivity index is 1.43. The molecule has 2 saturated heterocycles. The fourth-order valence-corrected chi connectivity index (χ4v) is 5.95. The number of carboxylic acids is 1. The van der Waals surface area contributed by atoms with E-state index in [1.807, 2.05) is 12.4 Å². The molecule has 278 valence electrons. The molecule has 3 heterocycles. The van der Waals surface area contributed by atoms with Crippen LogP contribution in [0.15, 0.2) is 46.0 Å². The number of rotatable bonds is 19. The number of carbonyl (C=O) groups is 3. The quantitative estimate of drug-likeness (QED) is 0.0321. The number of allylic oxidation sites excluding steroid dienone is 1. The summed E-state index contributed by atoms with van der Waals surface area (Å²) in [5, 5.41) is 24.3. The number of aromatic nitrogens is 1. The monoisotopic (exact) mass is 751 g/mol. The van der Waals surface area contributed by atoms with Crippen LogP contribution >= 0.6 is 11.3 Å². The number of amides is 2. The highest BCUT2D eigenvalue weighted by molar-refractivity contribution is 7.80. The number of nitrogens with zero attached hydrogens (tertiary/aromatic N) is 4. The number of hydrogen-bond donors (Lipinski definition) is 7. The Hall–Kier alpha value is -4.67. The molecular weight excluding hydrogens is 711 g/mol. The van der Waals surface area contributed by atoms with Crippen molar-refractivity contribution in [2.75, 3.05) is 45.1 Å². The van der Waals surface area contributed by atoms with Crippen molar-refractivity contribution in [3.63, 3.8) is 0 Å². The third-order valence-electron chi connectivity index (χ3n) is 7.78. The molecule has 2 fully saturated rings. The molecule has 21 heteroatoms. The van der Waals surface area contributed by atoms with Crippen molar-refractivity contribution in [3.05, 3.63) is 47.1 Å². The largest absolute Gasteiger partial charge is 0.489 e. The zero-order valence-corrected chi connectivity index (χ0v) is 29.5. The first-order valence-corrected chi connectivity index (χ1v) is 18.0. The molecule has 1 aromatic carbocycles. The maximum absolute atomic E-state index is 13.3. The van der Waals surface area contributed by atoms with E-state index in [-0.39, 0.29) is 10.8 Å². The van der Waals surface area contributed by atoms with Crippen molar-refractivity contribution in [1.82, 2.24) is 26.0 Å². The Morgan fingerprint density at radius 2 is 2.04 bits per heavy atom. The maximum atomic E-state index is 13.3. The molecule has 3 atom stereocenters. The van der Waals surface area contributed by atoms with Gasteiger partial charge in [-0.05, 0) is 69.9 Å². The van der Waals surface area contributed by atoms with Crippen LogP contribution in [-0.4, -0.2) is 115 Å². The Bertz CT molecular complexity index is 1740. The highest BCUT2D eigenvalue weighted by atomic mass is 32.3. The fourth-order valence-electron chi connectivity index (χ4n) is 4.95. The predicted octanol–water partition coefficient (Wildman–Crippen LogP) is -0.222. The van der Waals surface area contributed by atoms with Crippen LogP contribution < -0.4 is 32.2 Å². The lowest BCUT2D eigenvalue weighted by molar-refractivity contribution is -0.218. The number of carboxylic acid groups (broad SMARTS) is 1. The summed E-state index contributed by atoms with van der Waals surface area (Å²) in [5.41, 5.74) is 10.9.